The number of thiol groups is 2. The normalized spacial score (nSPS) is 6.57. The van der Waals surface area contributed by atoms with Crippen molar-refractivity contribution in [2.75, 3.05) is 0 Å². The summed E-state index contributed by atoms with van der Waals surface area (Å²) in [5, 5.41) is 7.76. The predicted molar refractivity (Wildman–Crippen MR) is 27.8 cm³/mol. The van der Waals surface area contributed by atoms with Gasteiger partial charge < -0.3 is 5.11 Å². The average molecular weight is 311 g/mol. The van der Waals surface area contributed by atoms with E-state index >= 15 is 0 Å². The molecule has 0 aromatic rings. The van der Waals surface area contributed by atoms with Crippen LogP contribution in [0.5, 0.6) is 0 Å². The molecular formula is CH3NO2ReS2. The molecule has 3 nitrogen and oxygen atoms in total. The summed E-state index contributed by atoms with van der Waals surface area (Å²) >= 11 is 6.58. The van der Waals surface area contributed by atoms with Crippen LogP contribution in [0.4, 0.5) is 4.79 Å². The van der Waals surface area contributed by atoms with Gasteiger partial charge in [0.1, 0.15) is 0 Å². The Bertz CT molecular complexity index is 66.7. The van der Waals surface area contributed by atoms with Gasteiger partial charge in [-0.25, -0.2) is 4.79 Å². The molecule has 0 aromatic carbocycles. The van der Waals surface area contributed by atoms with Gasteiger partial charge in [-0.05, 0) is 25.6 Å². The van der Waals surface area contributed by atoms with Gasteiger partial charge in [0.25, 0.3) is 0 Å². The summed E-state index contributed by atoms with van der Waals surface area (Å²) in [4.78, 5) is 9.47. The second-order valence-electron chi connectivity index (χ2n) is 0.572. The topological polar surface area (TPSA) is 40.5 Å². The molecule has 0 saturated heterocycles. The van der Waals surface area contributed by atoms with Gasteiger partial charge in [0, 0.05) is 20.4 Å². The second-order valence-corrected chi connectivity index (χ2v) is 1.69. The third-order valence-electron chi connectivity index (χ3n) is 0.171. The molecule has 1 amide bonds. The van der Waals surface area contributed by atoms with E-state index in [0.29, 0.717) is 3.71 Å². The standard InChI is InChI=1S/CH3NO2S2.Re/c3-1(4)2(5)6;/h5-6H,(H,3,4);. The smallest absolute Gasteiger partial charge is 0.427 e. The SMILES string of the molecule is O=C(O)N(S)S.[Re]. The Hall–Kier alpha value is 0.632. The van der Waals surface area contributed by atoms with Gasteiger partial charge in [0.15, 0.2) is 0 Å². The minimum atomic E-state index is -1.18. The molecule has 0 saturated carbocycles. The van der Waals surface area contributed by atoms with Crippen molar-refractivity contribution in [3.05, 3.63) is 0 Å². The Morgan fingerprint density at radius 1 is 1.57 bits per heavy atom. The third-order valence-corrected chi connectivity index (χ3v) is 0.513. The monoisotopic (exact) mass is 312 g/mol. The van der Waals surface area contributed by atoms with Crippen molar-refractivity contribution in [3.8, 4) is 0 Å². The van der Waals surface area contributed by atoms with Crippen LogP contribution in [0.1, 0.15) is 0 Å². The van der Waals surface area contributed by atoms with Crippen LogP contribution in [0, 0.1) is 0 Å². The van der Waals surface area contributed by atoms with Gasteiger partial charge in [-0.1, -0.05) is 0 Å². The number of amides is 1. The Kier molecular flexibility index (Phi) is 7.23. The summed E-state index contributed by atoms with van der Waals surface area (Å²) < 4.78 is 0.472. The molecule has 0 fully saturated rings. The van der Waals surface area contributed by atoms with Crippen molar-refractivity contribution in [1.29, 1.82) is 0 Å². The number of hydrogen-bond acceptors (Lipinski definition) is 3. The first-order valence-electron chi connectivity index (χ1n) is 1.05. The van der Waals surface area contributed by atoms with Gasteiger partial charge in [0.05, 0.1) is 0 Å². The Morgan fingerprint density at radius 2 is 1.71 bits per heavy atom. The van der Waals surface area contributed by atoms with Crippen molar-refractivity contribution in [2.45, 2.75) is 0 Å². The zero-order valence-electron chi connectivity index (χ0n) is 3.08. The third kappa shape index (κ3) is 6.63. The molecule has 0 atom stereocenters. The number of rotatable bonds is 0. The van der Waals surface area contributed by atoms with E-state index in [9.17, 15) is 4.79 Å². The molecule has 6 heteroatoms. The molecule has 0 bridgehead atoms. The molecule has 7 heavy (non-hydrogen) atoms. The van der Waals surface area contributed by atoms with Crippen LogP contribution in [0.2, 0.25) is 0 Å². The van der Waals surface area contributed by atoms with Crippen LogP contribution in [0.15, 0.2) is 0 Å². The molecule has 0 rings (SSSR count). The molecule has 0 heterocycles. The van der Waals surface area contributed by atoms with Crippen LogP contribution in [0.3, 0.4) is 0 Å². The molecule has 0 aromatic heterocycles. The number of carbonyl (C=O) groups is 1. The van der Waals surface area contributed by atoms with Crippen molar-refractivity contribution < 1.29 is 30.3 Å². The molecule has 1 radical (unpaired) electrons. The summed E-state index contributed by atoms with van der Waals surface area (Å²) in [6.45, 7) is 0. The second kappa shape index (κ2) is 4.78. The van der Waals surface area contributed by atoms with E-state index in [0.717, 1.165) is 0 Å². The van der Waals surface area contributed by atoms with E-state index in [1.165, 1.54) is 0 Å². The quantitative estimate of drug-likeness (QED) is 0.575. The summed E-state index contributed by atoms with van der Waals surface area (Å²) in [5.74, 6) is 0. The van der Waals surface area contributed by atoms with Gasteiger partial charge in [0.2, 0.25) is 0 Å². The summed E-state index contributed by atoms with van der Waals surface area (Å²) in [5.41, 5.74) is 0. The number of nitrogens with zero attached hydrogens (tertiary/aromatic N) is 1. The van der Waals surface area contributed by atoms with Crippen molar-refractivity contribution in [3.63, 3.8) is 0 Å². The van der Waals surface area contributed by atoms with Crippen molar-refractivity contribution >= 4 is 31.7 Å². The molecular weight excluding hydrogens is 308 g/mol. The largest absolute Gasteiger partial charge is 0.464 e. The Labute approximate surface area is 65.8 Å². The van der Waals surface area contributed by atoms with Crippen molar-refractivity contribution in [2.24, 2.45) is 0 Å². The minimum absolute atomic E-state index is 0. The molecule has 0 aliphatic rings. The molecule has 43 valence electrons. The van der Waals surface area contributed by atoms with Crippen LogP contribution in [0.25, 0.3) is 0 Å². The van der Waals surface area contributed by atoms with E-state index in [-0.39, 0.29) is 20.4 Å². The molecule has 0 spiro atoms. The average Bonchev–Trinajstić information content (AvgIpc) is 1.36. The first kappa shape index (κ1) is 10.6. The molecule has 0 aliphatic heterocycles. The molecule has 0 aliphatic carbocycles. The summed E-state index contributed by atoms with van der Waals surface area (Å²) in [6, 6.07) is 0. The minimum Gasteiger partial charge on any atom is -0.464 e. The number of carboxylic acid groups (broad SMARTS) is 1. The van der Waals surface area contributed by atoms with E-state index in [1.807, 2.05) is 0 Å². The van der Waals surface area contributed by atoms with Crippen molar-refractivity contribution in [1.82, 2.24) is 3.71 Å². The van der Waals surface area contributed by atoms with Gasteiger partial charge >= 0.3 is 6.09 Å². The fraction of sp³-hybridized carbons (Fsp3) is 0. The first-order chi connectivity index (χ1) is 2.64. The zero-order chi connectivity index (χ0) is 5.15. The van der Waals surface area contributed by atoms with E-state index in [2.05, 4.69) is 25.6 Å². The van der Waals surface area contributed by atoms with E-state index in [4.69, 9.17) is 5.11 Å². The van der Waals surface area contributed by atoms with Gasteiger partial charge in [-0.2, -0.15) is 3.71 Å². The maximum absolute atomic E-state index is 9.47. The molecule has 1 N–H and O–H groups in total. The van der Waals surface area contributed by atoms with Gasteiger partial charge in [-0.3, -0.25) is 0 Å². The first-order valence-corrected chi connectivity index (χ1v) is 1.85. The summed E-state index contributed by atoms with van der Waals surface area (Å²) in [6.07, 6.45) is -1.18. The summed E-state index contributed by atoms with van der Waals surface area (Å²) in [7, 11) is 0. The van der Waals surface area contributed by atoms with E-state index < -0.39 is 6.09 Å². The van der Waals surface area contributed by atoms with Gasteiger partial charge in [-0.15, -0.1) is 0 Å². The zero-order valence-corrected chi connectivity index (χ0v) is 7.58. The Morgan fingerprint density at radius 3 is 1.71 bits per heavy atom. The van der Waals surface area contributed by atoms with Crippen LogP contribution in [-0.4, -0.2) is 14.9 Å². The molecule has 0 unspecified atom stereocenters. The fourth-order valence-corrected chi connectivity index (χ4v) is 0. The Balaban J connectivity index is 0. The maximum Gasteiger partial charge on any atom is 0.427 e. The van der Waals surface area contributed by atoms with Crippen LogP contribution >= 0.6 is 25.6 Å². The maximum atomic E-state index is 9.47. The fourth-order valence-electron chi connectivity index (χ4n) is 0. The number of hydrogen-bond donors (Lipinski definition) is 3. The predicted octanol–water partition coefficient (Wildman–Crippen LogP) is 0.653. The van der Waals surface area contributed by atoms with Crippen LogP contribution in [-0.2, 0) is 20.4 Å². The van der Waals surface area contributed by atoms with E-state index in [1.54, 1.807) is 0 Å². The van der Waals surface area contributed by atoms with Crippen LogP contribution < -0.4 is 0 Å².